The minimum absolute atomic E-state index is 0.0789. The maximum atomic E-state index is 12.4. The Kier molecular flexibility index (Phi) is 5.18. The van der Waals surface area contributed by atoms with Gasteiger partial charge in [0.1, 0.15) is 18.5 Å². The van der Waals surface area contributed by atoms with Gasteiger partial charge < -0.3 is 14.4 Å². The molecule has 1 aromatic carbocycles. The zero-order valence-electron chi connectivity index (χ0n) is 15.9. The maximum Gasteiger partial charge on any atom is 0.332 e. The van der Waals surface area contributed by atoms with E-state index >= 15 is 0 Å². The van der Waals surface area contributed by atoms with Gasteiger partial charge in [0.2, 0.25) is 0 Å². The number of aliphatic hydroxyl groups excluding tert-OH is 1. The summed E-state index contributed by atoms with van der Waals surface area (Å²) in [5.41, 5.74) is 0.764. The molecule has 0 saturated carbocycles. The fourth-order valence-corrected chi connectivity index (χ4v) is 3.09. The van der Waals surface area contributed by atoms with Gasteiger partial charge in [-0.2, -0.15) is 0 Å². The third-order valence-electron chi connectivity index (χ3n) is 4.60. The van der Waals surface area contributed by atoms with Crippen LogP contribution in [0.1, 0.15) is 25.3 Å². The zero-order valence-corrected chi connectivity index (χ0v) is 15.9. The predicted octanol–water partition coefficient (Wildman–Crippen LogP) is 0.997. The number of rotatable bonds is 6. The van der Waals surface area contributed by atoms with E-state index in [1.807, 2.05) is 24.3 Å². The lowest BCUT2D eigenvalue weighted by Gasteiger charge is -2.17. The summed E-state index contributed by atoms with van der Waals surface area (Å²) in [6.07, 6.45) is 0.612. The lowest BCUT2D eigenvalue weighted by atomic mass is 10.0. The van der Waals surface area contributed by atoms with Crippen LogP contribution in [-0.2, 0) is 20.6 Å². The first-order valence-electron chi connectivity index (χ1n) is 8.82. The molecule has 1 atom stereocenters. The summed E-state index contributed by atoms with van der Waals surface area (Å²) in [6, 6.07) is 7.72. The summed E-state index contributed by atoms with van der Waals surface area (Å²) in [5.74, 6) is 1.04. The smallest absolute Gasteiger partial charge is 0.332 e. The van der Waals surface area contributed by atoms with Crippen molar-refractivity contribution in [3.8, 4) is 5.75 Å². The van der Waals surface area contributed by atoms with E-state index in [0.717, 1.165) is 15.9 Å². The first-order chi connectivity index (χ1) is 12.8. The second kappa shape index (κ2) is 7.40. The zero-order chi connectivity index (χ0) is 19.7. The van der Waals surface area contributed by atoms with Crippen molar-refractivity contribution in [3.05, 3.63) is 57.0 Å². The van der Waals surface area contributed by atoms with Gasteiger partial charge in [-0.1, -0.05) is 32.0 Å². The number of imidazole rings is 1. The molecule has 0 aliphatic heterocycles. The Morgan fingerprint density at radius 1 is 1.15 bits per heavy atom. The van der Waals surface area contributed by atoms with Gasteiger partial charge in [0.25, 0.3) is 5.56 Å². The van der Waals surface area contributed by atoms with Gasteiger partial charge in [0.15, 0.2) is 11.2 Å². The molecule has 0 fully saturated rings. The second-order valence-electron chi connectivity index (χ2n) is 6.93. The summed E-state index contributed by atoms with van der Waals surface area (Å²) in [4.78, 5) is 28.6. The fraction of sp³-hybridized carbons (Fsp3) is 0.421. The molecule has 0 aliphatic carbocycles. The normalized spacial score (nSPS) is 12.7. The summed E-state index contributed by atoms with van der Waals surface area (Å²) in [5, 5.41) is 10.4. The summed E-state index contributed by atoms with van der Waals surface area (Å²) < 4.78 is 9.70. The molecule has 8 heteroatoms. The molecule has 0 saturated heterocycles. The third-order valence-corrected chi connectivity index (χ3v) is 4.60. The summed E-state index contributed by atoms with van der Waals surface area (Å²) in [7, 11) is 2.98. The van der Waals surface area contributed by atoms with Crippen molar-refractivity contribution in [2.75, 3.05) is 6.61 Å². The highest BCUT2D eigenvalue weighted by molar-refractivity contribution is 5.69. The van der Waals surface area contributed by atoms with Gasteiger partial charge in [-0.05, 0) is 17.5 Å². The van der Waals surface area contributed by atoms with Gasteiger partial charge in [-0.3, -0.25) is 13.9 Å². The van der Waals surface area contributed by atoms with Crippen molar-refractivity contribution in [2.45, 2.75) is 32.4 Å². The molecule has 0 radical (unpaired) electrons. The van der Waals surface area contributed by atoms with Crippen molar-refractivity contribution in [1.29, 1.82) is 0 Å². The van der Waals surface area contributed by atoms with Gasteiger partial charge in [-0.25, -0.2) is 9.78 Å². The first-order valence-corrected chi connectivity index (χ1v) is 8.82. The molecule has 0 spiro atoms. The lowest BCUT2D eigenvalue weighted by Crippen LogP contribution is -2.38. The average molecular weight is 372 g/mol. The fourth-order valence-electron chi connectivity index (χ4n) is 3.09. The molecule has 0 bridgehead atoms. The molecule has 3 aromatic rings. The number of para-hydroxylation sites is 1. The Hall–Kier alpha value is -2.87. The average Bonchev–Trinajstić information content (AvgIpc) is 3.06. The van der Waals surface area contributed by atoms with Crippen LogP contribution in [0, 0.1) is 0 Å². The van der Waals surface area contributed by atoms with Crippen LogP contribution < -0.4 is 16.0 Å². The highest BCUT2D eigenvalue weighted by Crippen LogP contribution is 2.25. The van der Waals surface area contributed by atoms with E-state index in [4.69, 9.17) is 4.74 Å². The monoisotopic (exact) mass is 372 g/mol. The number of fused-ring (bicyclic) bond motifs is 1. The Morgan fingerprint density at radius 3 is 2.56 bits per heavy atom. The topological polar surface area (TPSA) is 91.3 Å². The van der Waals surface area contributed by atoms with Crippen LogP contribution in [-0.4, -0.2) is 36.5 Å². The molecule has 2 aromatic heterocycles. The van der Waals surface area contributed by atoms with Crippen LogP contribution in [0.15, 0.2) is 40.2 Å². The Bertz CT molecular complexity index is 1080. The van der Waals surface area contributed by atoms with Gasteiger partial charge in [0, 0.05) is 14.1 Å². The van der Waals surface area contributed by atoms with E-state index in [-0.39, 0.29) is 18.7 Å². The SMILES string of the molecule is CC(C)c1ccccc1OC[C@H](O)Cn1cnc2c1c(=O)n(C)c(=O)n2C. The minimum atomic E-state index is -0.843. The van der Waals surface area contributed by atoms with Crippen molar-refractivity contribution < 1.29 is 9.84 Å². The van der Waals surface area contributed by atoms with Crippen LogP contribution in [0.2, 0.25) is 0 Å². The molecule has 0 aliphatic rings. The number of benzene rings is 1. The van der Waals surface area contributed by atoms with Crippen LogP contribution in [0.4, 0.5) is 0 Å². The Labute approximate surface area is 156 Å². The highest BCUT2D eigenvalue weighted by Gasteiger charge is 2.17. The van der Waals surface area contributed by atoms with Crippen molar-refractivity contribution in [3.63, 3.8) is 0 Å². The third kappa shape index (κ3) is 3.52. The molecule has 3 rings (SSSR count). The van der Waals surface area contributed by atoms with E-state index in [2.05, 4.69) is 18.8 Å². The highest BCUT2D eigenvalue weighted by atomic mass is 16.5. The first kappa shape index (κ1) is 18.9. The molecule has 2 heterocycles. The molecule has 0 unspecified atom stereocenters. The van der Waals surface area contributed by atoms with Crippen molar-refractivity contribution >= 4 is 11.2 Å². The molecule has 27 heavy (non-hydrogen) atoms. The molecule has 0 amide bonds. The second-order valence-corrected chi connectivity index (χ2v) is 6.93. The minimum Gasteiger partial charge on any atom is -0.491 e. The number of hydrogen-bond donors (Lipinski definition) is 1. The van der Waals surface area contributed by atoms with Crippen LogP contribution in [0.3, 0.4) is 0 Å². The predicted molar refractivity (Wildman–Crippen MR) is 102 cm³/mol. The Balaban J connectivity index is 1.81. The van der Waals surface area contributed by atoms with E-state index in [9.17, 15) is 14.7 Å². The molecular weight excluding hydrogens is 348 g/mol. The Morgan fingerprint density at radius 2 is 1.85 bits per heavy atom. The van der Waals surface area contributed by atoms with Crippen LogP contribution >= 0.6 is 0 Å². The lowest BCUT2D eigenvalue weighted by molar-refractivity contribution is 0.0927. The number of ether oxygens (including phenoxy) is 1. The van der Waals surface area contributed by atoms with Crippen molar-refractivity contribution in [2.24, 2.45) is 14.1 Å². The quantitative estimate of drug-likeness (QED) is 0.697. The van der Waals surface area contributed by atoms with E-state index in [1.54, 1.807) is 11.6 Å². The van der Waals surface area contributed by atoms with Crippen molar-refractivity contribution in [1.82, 2.24) is 18.7 Å². The molecule has 144 valence electrons. The number of aryl methyl sites for hydroxylation is 1. The maximum absolute atomic E-state index is 12.4. The van der Waals surface area contributed by atoms with Crippen LogP contribution in [0.25, 0.3) is 11.2 Å². The van der Waals surface area contributed by atoms with E-state index < -0.39 is 17.4 Å². The summed E-state index contributed by atoms with van der Waals surface area (Å²) in [6.45, 7) is 4.37. The number of aromatic nitrogens is 4. The number of nitrogens with zero attached hydrogens (tertiary/aromatic N) is 4. The van der Waals surface area contributed by atoms with Gasteiger partial charge in [0.05, 0.1) is 12.9 Å². The van der Waals surface area contributed by atoms with E-state index in [0.29, 0.717) is 11.6 Å². The molecular formula is C19H24N4O4. The van der Waals surface area contributed by atoms with Crippen LogP contribution in [0.5, 0.6) is 5.75 Å². The molecule has 1 N–H and O–H groups in total. The standard InChI is InChI=1S/C19H24N4O4/c1-12(2)14-7-5-6-8-15(14)27-10-13(24)9-23-11-20-17-16(23)18(25)22(4)19(26)21(17)3/h5-8,11-13,24H,9-10H2,1-4H3/t13-/m1/s1. The van der Waals surface area contributed by atoms with E-state index in [1.165, 1.54) is 17.9 Å². The largest absolute Gasteiger partial charge is 0.491 e. The van der Waals surface area contributed by atoms with Gasteiger partial charge >= 0.3 is 5.69 Å². The number of hydrogen-bond acceptors (Lipinski definition) is 5. The van der Waals surface area contributed by atoms with Gasteiger partial charge in [-0.15, -0.1) is 0 Å². The molecule has 8 nitrogen and oxygen atoms in total. The number of aliphatic hydroxyl groups is 1. The summed E-state index contributed by atoms with van der Waals surface area (Å²) >= 11 is 0.